The first-order valence-corrected chi connectivity index (χ1v) is 10.6. The van der Waals surface area contributed by atoms with E-state index < -0.39 is 21.9 Å². The number of hydrogen-bond acceptors (Lipinski definition) is 5. The minimum absolute atomic E-state index is 0.0294. The van der Waals surface area contributed by atoms with Gasteiger partial charge in [0.05, 0.1) is 4.90 Å². The number of hydrogen-bond donors (Lipinski definition) is 2. The van der Waals surface area contributed by atoms with Gasteiger partial charge in [0.2, 0.25) is 10.0 Å². The van der Waals surface area contributed by atoms with Gasteiger partial charge < -0.3 is 5.11 Å². The summed E-state index contributed by atoms with van der Waals surface area (Å²) in [5.74, 6) is -0.440. The Morgan fingerprint density at radius 3 is 2.68 bits per heavy atom. The molecule has 132 valence electrons. The average molecular weight is 398 g/mol. The van der Waals surface area contributed by atoms with E-state index in [1.165, 1.54) is 41.7 Å². The molecule has 1 unspecified atom stereocenters. The van der Waals surface area contributed by atoms with E-state index >= 15 is 0 Å². The van der Waals surface area contributed by atoms with Crippen LogP contribution < -0.4 is 4.72 Å². The van der Waals surface area contributed by atoms with Crippen molar-refractivity contribution in [2.75, 3.05) is 0 Å². The van der Waals surface area contributed by atoms with Crippen molar-refractivity contribution in [1.82, 2.24) is 4.72 Å². The van der Waals surface area contributed by atoms with Crippen LogP contribution in [0.3, 0.4) is 0 Å². The van der Waals surface area contributed by atoms with Crippen molar-refractivity contribution < 1.29 is 17.9 Å². The van der Waals surface area contributed by atoms with E-state index in [0.717, 1.165) is 20.7 Å². The van der Waals surface area contributed by atoms with Crippen LogP contribution in [0.2, 0.25) is 0 Å². The van der Waals surface area contributed by atoms with E-state index in [2.05, 4.69) is 4.72 Å². The lowest BCUT2D eigenvalue weighted by molar-refractivity contribution is 0.228. The van der Waals surface area contributed by atoms with Crippen molar-refractivity contribution in [2.45, 2.75) is 24.5 Å². The molecule has 0 aliphatic heterocycles. The number of halogens is 1. The number of nitrogens with one attached hydrogen (secondary N) is 1. The van der Waals surface area contributed by atoms with Gasteiger partial charge in [-0.1, -0.05) is 6.07 Å². The van der Waals surface area contributed by atoms with Crippen molar-refractivity contribution in [3.63, 3.8) is 0 Å². The van der Waals surface area contributed by atoms with E-state index in [9.17, 15) is 17.9 Å². The van der Waals surface area contributed by atoms with Crippen molar-refractivity contribution in [3.8, 4) is 0 Å². The summed E-state index contributed by atoms with van der Waals surface area (Å²) < 4.78 is 40.4. The SMILES string of the molecule is Cc1cc(S(=O)(=O)NCc2ccc(C(O)c3cccs3)s2)ccc1F. The maximum Gasteiger partial charge on any atom is 0.240 e. The Morgan fingerprint density at radius 1 is 1.20 bits per heavy atom. The van der Waals surface area contributed by atoms with Gasteiger partial charge in [-0.2, -0.15) is 0 Å². The van der Waals surface area contributed by atoms with E-state index in [4.69, 9.17) is 0 Å². The maximum absolute atomic E-state index is 13.3. The van der Waals surface area contributed by atoms with Gasteiger partial charge in [-0.05, 0) is 54.3 Å². The maximum atomic E-state index is 13.3. The Hall–Kier alpha value is -1.58. The van der Waals surface area contributed by atoms with Crippen LogP contribution >= 0.6 is 22.7 Å². The van der Waals surface area contributed by atoms with E-state index in [1.54, 1.807) is 12.1 Å². The number of aliphatic hydroxyl groups excluding tert-OH is 1. The second kappa shape index (κ2) is 7.35. The van der Waals surface area contributed by atoms with Crippen LogP contribution in [0.4, 0.5) is 4.39 Å². The van der Waals surface area contributed by atoms with E-state index in [1.807, 2.05) is 17.5 Å². The van der Waals surface area contributed by atoms with Crippen molar-refractivity contribution in [3.05, 3.63) is 73.9 Å². The van der Waals surface area contributed by atoms with Crippen LogP contribution in [-0.2, 0) is 16.6 Å². The van der Waals surface area contributed by atoms with Gasteiger partial charge in [0.1, 0.15) is 11.9 Å². The second-order valence-electron chi connectivity index (χ2n) is 5.46. The third-order valence-electron chi connectivity index (χ3n) is 3.64. The van der Waals surface area contributed by atoms with Crippen LogP contribution in [0.1, 0.15) is 26.3 Å². The largest absolute Gasteiger partial charge is 0.382 e. The third kappa shape index (κ3) is 4.16. The quantitative estimate of drug-likeness (QED) is 0.665. The van der Waals surface area contributed by atoms with Crippen LogP contribution in [0.25, 0.3) is 0 Å². The lowest BCUT2D eigenvalue weighted by atomic mass is 10.2. The summed E-state index contributed by atoms with van der Waals surface area (Å²) in [7, 11) is -3.72. The molecular weight excluding hydrogens is 381 g/mol. The van der Waals surface area contributed by atoms with E-state index in [-0.39, 0.29) is 17.0 Å². The molecule has 2 aromatic heterocycles. The third-order valence-corrected chi connectivity index (χ3v) is 7.10. The summed E-state index contributed by atoms with van der Waals surface area (Å²) in [6.45, 7) is 1.63. The second-order valence-corrected chi connectivity index (χ2v) is 9.40. The number of thiophene rings is 2. The van der Waals surface area contributed by atoms with Gasteiger partial charge in [-0.25, -0.2) is 17.5 Å². The predicted molar refractivity (Wildman–Crippen MR) is 97.9 cm³/mol. The number of aryl methyl sites for hydroxylation is 1. The lowest BCUT2D eigenvalue weighted by Crippen LogP contribution is -2.22. The molecule has 0 aliphatic carbocycles. The summed E-state index contributed by atoms with van der Waals surface area (Å²) in [6, 6.07) is 11.0. The number of rotatable bonds is 6. The Labute approximate surface area is 153 Å². The Bertz CT molecular complexity index is 965. The molecule has 1 atom stereocenters. The summed E-state index contributed by atoms with van der Waals surface area (Å²) >= 11 is 2.82. The predicted octanol–water partition coefficient (Wildman–Crippen LogP) is 3.82. The average Bonchev–Trinajstić information content (AvgIpc) is 3.26. The highest BCUT2D eigenvalue weighted by molar-refractivity contribution is 7.89. The zero-order valence-corrected chi connectivity index (χ0v) is 15.7. The molecule has 8 heteroatoms. The molecule has 3 aromatic rings. The molecule has 0 aliphatic rings. The fourth-order valence-corrected chi connectivity index (χ4v) is 5.20. The van der Waals surface area contributed by atoms with Gasteiger partial charge in [0.25, 0.3) is 0 Å². The molecule has 25 heavy (non-hydrogen) atoms. The van der Waals surface area contributed by atoms with Crippen LogP contribution in [0, 0.1) is 12.7 Å². The molecule has 3 rings (SSSR count). The summed E-state index contributed by atoms with van der Waals surface area (Å²) in [6.07, 6.45) is -0.699. The molecule has 1 aromatic carbocycles. The molecule has 0 fully saturated rings. The fraction of sp³-hybridized carbons (Fsp3) is 0.176. The van der Waals surface area contributed by atoms with Crippen LogP contribution in [0.15, 0.2) is 52.7 Å². The molecule has 2 heterocycles. The van der Waals surface area contributed by atoms with E-state index in [0.29, 0.717) is 0 Å². The first-order valence-electron chi connectivity index (χ1n) is 7.43. The molecule has 0 radical (unpaired) electrons. The molecule has 0 bridgehead atoms. The first-order chi connectivity index (χ1) is 11.9. The zero-order valence-electron chi connectivity index (χ0n) is 13.3. The summed E-state index contributed by atoms with van der Waals surface area (Å²) in [4.78, 5) is 2.42. The monoisotopic (exact) mass is 397 g/mol. The molecule has 0 saturated carbocycles. The number of aliphatic hydroxyl groups is 1. The van der Waals surface area contributed by atoms with Crippen molar-refractivity contribution in [1.29, 1.82) is 0 Å². The molecule has 0 amide bonds. The highest BCUT2D eigenvalue weighted by atomic mass is 32.2. The summed E-state index contributed by atoms with van der Waals surface area (Å²) in [5.41, 5.74) is 0.278. The molecule has 0 saturated heterocycles. The number of benzene rings is 1. The minimum Gasteiger partial charge on any atom is -0.382 e. The Kier molecular flexibility index (Phi) is 5.35. The Morgan fingerprint density at radius 2 is 2.00 bits per heavy atom. The fourth-order valence-electron chi connectivity index (χ4n) is 2.26. The Balaban J connectivity index is 1.70. The summed E-state index contributed by atoms with van der Waals surface area (Å²) in [5, 5.41) is 12.2. The highest BCUT2D eigenvalue weighted by Gasteiger charge is 2.17. The van der Waals surface area contributed by atoms with Gasteiger partial charge in [0, 0.05) is 21.2 Å². The smallest absolute Gasteiger partial charge is 0.240 e. The van der Waals surface area contributed by atoms with Crippen molar-refractivity contribution >= 4 is 32.7 Å². The lowest BCUT2D eigenvalue weighted by Gasteiger charge is -2.07. The normalized spacial score (nSPS) is 13.1. The molecular formula is C17H16FNO3S3. The van der Waals surface area contributed by atoms with Gasteiger partial charge in [-0.15, -0.1) is 22.7 Å². The molecule has 0 spiro atoms. The number of sulfonamides is 1. The molecule has 4 nitrogen and oxygen atoms in total. The van der Waals surface area contributed by atoms with Crippen LogP contribution in [0.5, 0.6) is 0 Å². The first kappa shape index (κ1) is 18.2. The highest BCUT2D eigenvalue weighted by Crippen LogP contribution is 2.31. The standard InChI is InChI=1S/C17H16FNO3S3/c1-11-9-13(5-6-14(11)18)25(21,22)19-10-12-4-7-16(24-12)17(20)15-3-2-8-23-15/h2-9,17,19-20H,10H2,1H3. The topological polar surface area (TPSA) is 66.4 Å². The van der Waals surface area contributed by atoms with Crippen LogP contribution in [-0.4, -0.2) is 13.5 Å². The van der Waals surface area contributed by atoms with Gasteiger partial charge in [0.15, 0.2) is 0 Å². The zero-order chi connectivity index (χ0) is 18.0. The minimum atomic E-state index is -3.72. The van der Waals surface area contributed by atoms with Gasteiger partial charge >= 0.3 is 0 Å². The van der Waals surface area contributed by atoms with Gasteiger partial charge in [-0.3, -0.25) is 0 Å². The molecule has 2 N–H and O–H groups in total. The van der Waals surface area contributed by atoms with Crippen molar-refractivity contribution in [2.24, 2.45) is 0 Å².